The molecule has 0 aliphatic carbocycles. The molecule has 6 nitrogen and oxygen atoms in total. The van der Waals surface area contributed by atoms with Crippen LogP contribution in [0.4, 0.5) is 0 Å². The Morgan fingerprint density at radius 3 is 2.33 bits per heavy atom. The molecule has 0 unspecified atom stereocenters. The van der Waals surface area contributed by atoms with Crippen LogP contribution in [0.5, 0.6) is 5.75 Å². The Morgan fingerprint density at radius 2 is 1.73 bits per heavy atom. The van der Waals surface area contributed by atoms with Gasteiger partial charge in [0.2, 0.25) is 5.91 Å². The summed E-state index contributed by atoms with van der Waals surface area (Å²) >= 11 is 1.44. The van der Waals surface area contributed by atoms with Gasteiger partial charge in [0.25, 0.3) is 0 Å². The van der Waals surface area contributed by atoms with Crippen molar-refractivity contribution in [2.45, 2.75) is 43.8 Å². The van der Waals surface area contributed by atoms with Gasteiger partial charge in [-0.1, -0.05) is 42.1 Å². The number of hydrogen-bond acceptors (Lipinski definition) is 5. The molecule has 7 heteroatoms. The predicted octanol–water partition coefficient (Wildman–Crippen LogP) is 4.67. The van der Waals surface area contributed by atoms with Crippen molar-refractivity contribution >= 4 is 17.7 Å². The molecular weight excluding hydrogens is 396 g/mol. The van der Waals surface area contributed by atoms with Crippen molar-refractivity contribution in [3.05, 3.63) is 60.2 Å². The molecule has 0 saturated heterocycles. The highest BCUT2D eigenvalue weighted by Crippen LogP contribution is 2.31. The summed E-state index contributed by atoms with van der Waals surface area (Å²) in [6, 6.07) is 17.9. The topological polar surface area (TPSA) is 60.3 Å². The summed E-state index contributed by atoms with van der Waals surface area (Å²) in [5.41, 5.74) is 2.07. The Morgan fingerprint density at radius 1 is 1.07 bits per heavy atom. The number of thioether (sulfide) groups is 1. The first-order chi connectivity index (χ1) is 14.4. The zero-order chi connectivity index (χ0) is 21.7. The van der Waals surface area contributed by atoms with Gasteiger partial charge in [-0.25, -0.2) is 0 Å². The van der Waals surface area contributed by atoms with Crippen molar-refractivity contribution in [2.75, 3.05) is 14.2 Å². The molecule has 0 saturated carbocycles. The summed E-state index contributed by atoms with van der Waals surface area (Å²) in [4.78, 5) is 14.7. The van der Waals surface area contributed by atoms with Crippen LogP contribution in [0, 0.1) is 0 Å². The van der Waals surface area contributed by atoms with E-state index in [-0.39, 0.29) is 17.2 Å². The molecule has 1 aromatic heterocycles. The SMILES string of the molecule is COc1ccc(-c2nnc(S[C@H](C)C(=O)N(C)Cc3ccccc3)n2C(C)C)cc1. The van der Waals surface area contributed by atoms with Crippen molar-refractivity contribution in [2.24, 2.45) is 0 Å². The van der Waals surface area contributed by atoms with Crippen LogP contribution in [0.25, 0.3) is 11.4 Å². The minimum Gasteiger partial charge on any atom is -0.497 e. The fourth-order valence-corrected chi connectivity index (χ4v) is 4.31. The van der Waals surface area contributed by atoms with Gasteiger partial charge in [-0.15, -0.1) is 10.2 Å². The normalized spacial score (nSPS) is 12.1. The molecule has 0 radical (unpaired) electrons. The van der Waals surface area contributed by atoms with E-state index in [1.165, 1.54) is 11.8 Å². The molecule has 0 aliphatic rings. The van der Waals surface area contributed by atoms with E-state index in [0.717, 1.165) is 27.9 Å². The van der Waals surface area contributed by atoms with Gasteiger partial charge in [0.15, 0.2) is 11.0 Å². The van der Waals surface area contributed by atoms with Gasteiger partial charge in [-0.05, 0) is 50.6 Å². The van der Waals surface area contributed by atoms with Crippen LogP contribution in [-0.2, 0) is 11.3 Å². The maximum absolute atomic E-state index is 12.9. The van der Waals surface area contributed by atoms with E-state index >= 15 is 0 Å². The van der Waals surface area contributed by atoms with Crippen molar-refractivity contribution < 1.29 is 9.53 Å². The molecule has 1 amide bonds. The highest BCUT2D eigenvalue weighted by Gasteiger charge is 2.24. The molecule has 2 aromatic carbocycles. The molecule has 0 spiro atoms. The second-order valence-electron chi connectivity index (χ2n) is 7.44. The highest BCUT2D eigenvalue weighted by atomic mass is 32.2. The molecule has 158 valence electrons. The Labute approximate surface area is 182 Å². The zero-order valence-corrected chi connectivity index (χ0v) is 18.9. The van der Waals surface area contributed by atoms with Gasteiger partial charge < -0.3 is 9.64 Å². The number of rotatable bonds is 8. The van der Waals surface area contributed by atoms with Gasteiger partial charge >= 0.3 is 0 Å². The summed E-state index contributed by atoms with van der Waals surface area (Å²) in [6.45, 7) is 6.68. The summed E-state index contributed by atoms with van der Waals surface area (Å²) in [6.07, 6.45) is 0. The molecule has 3 rings (SSSR count). The molecule has 1 atom stereocenters. The summed E-state index contributed by atoms with van der Waals surface area (Å²) < 4.78 is 7.32. The van der Waals surface area contributed by atoms with Gasteiger partial charge in [-0.2, -0.15) is 0 Å². The third-order valence-electron chi connectivity index (χ3n) is 4.80. The molecular formula is C23H28N4O2S. The average Bonchev–Trinajstić information content (AvgIpc) is 3.17. The Hall–Kier alpha value is -2.80. The molecule has 3 aromatic rings. The van der Waals surface area contributed by atoms with E-state index in [0.29, 0.717) is 6.54 Å². The monoisotopic (exact) mass is 424 g/mol. The van der Waals surface area contributed by atoms with Gasteiger partial charge in [-0.3, -0.25) is 9.36 Å². The van der Waals surface area contributed by atoms with Crippen LogP contribution in [0.15, 0.2) is 59.8 Å². The molecule has 30 heavy (non-hydrogen) atoms. The lowest BCUT2D eigenvalue weighted by molar-refractivity contribution is -0.129. The second kappa shape index (κ2) is 9.80. The molecule has 1 heterocycles. The maximum atomic E-state index is 12.9. The lowest BCUT2D eigenvalue weighted by Crippen LogP contribution is -2.33. The largest absolute Gasteiger partial charge is 0.497 e. The quantitative estimate of drug-likeness (QED) is 0.492. The first-order valence-corrected chi connectivity index (χ1v) is 10.8. The Kier molecular flexibility index (Phi) is 7.15. The standard InChI is InChI=1S/C23H28N4O2S/c1-16(2)27-21(19-11-13-20(29-5)14-12-19)24-25-23(27)30-17(3)22(28)26(4)15-18-9-7-6-8-10-18/h6-14,16-17H,15H2,1-5H3/t17-/m1/s1. The molecule has 0 aliphatic heterocycles. The fraction of sp³-hybridized carbons (Fsp3) is 0.348. The summed E-state index contributed by atoms with van der Waals surface area (Å²) in [5.74, 6) is 1.64. The van der Waals surface area contributed by atoms with Gasteiger partial charge in [0.1, 0.15) is 5.75 Å². The summed E-state index contributed by atoms with van der Waals surface area (Å²) in [7, 11) is 3.48. The van der Waals surface area contributed by atoms with E-state index in [9.17, 15) is 4.79 Å². The Balaban J connectivity index is 1.76. The predicted molar refractivity (Wildman–Crippen MR) is 121 cm³/mol. The third-order valence-corrected chi connectivity index (χ3v) is 5.84. The highest BCUT2D eigenvalue weighted by molar-refractivity contribution is 8.00. The molecule has 0 fully saturated rings. The van der Waals surface area contributed by atoms with Crippen LogP contribution in [-0.4, -0.2) is 45.0 Å². The van der Waals surface area contributed by atoms with Crippen molar-refractivity contribution in [3.63, 3.8) is 0 Å². The average molecular weight is 425 g/mol. The smallest absolute Gasteiger partial charge is 0.235 e. The zero-order valence-electron chi connectivity index (χ0n) is 18.1. The van der Waals surface area contributed by atoms with E-state index < -0.39 is 0 Å². The molecule has 0 bridgehead atoms. The lowest BCUT2D eigenvalue weighted by Gasteiger charge is -2.22. The van der Waals surface area contributed by atoms with E-state index in [1.807, 2.05) is 68.6 Å². The maximum Gasteiger partial charge on any atom is 0.235 e. The number of aromatic nitrogens is 3. The number of nitrogens with zero attached hydrogens (tertiary/aromatic N) is 4. The second-order valence-corrected chi connectivity index (χ2v) is 8.75. The minimum atomic E-state index is -0.274. The van der Waals surface area contributed by atoms with E-state index in [2.05, 4.69) is 28.6 Å². The van der Waals surface area contributed by atoms with Crippen LogP contribution in [0.2, 0.25) is 0 Å². The van der Waals surface area contributed by atoms with Crippen LogP contribution in [0.3, 0.4) is 0 Å². The first kappa shape index (κ1) is 21.9. The number of carbonyl (C=O) groups is 1. The van der Waals surface area contributed by atoms with Crippen molar-refractivity contribution in [1.29, 1.82) is 0 Å². The van der Waals surface area contributed by atoms with Crippen LogP contribution in [0.1, 0.15) is 32.4 Å². The number of carbonyl (C=O) groups excluding carboxylic acids is 1. The van der Waals surface area contributed by atoms with E-state index in [4.69, 9.17) is 4.74 Å². The van der Waals surface area contributed by atoms with Crippen molar-refractivity contribution in [3.8, 4) is 17.1 Å². The first-order valence-electron chi connectivity index (χ1n) is 9.95. The molecule has 0 N–H and O–H groups in total. The third kappa shape index (κ3) is 5.02. The number of ether oxygens (including phenoxy) is 1. The number of amides is 1. The minimum absolute atomic E-state index is 0.0631. The summed E-state index contributed by atoms with van der Waals surface area (Å²) in [5, 5.41) is 9.28. The van der Waals surface area contributed by atoms with Gasteiger partial charge in [0.05, 0.1) is 12.4 Å². The number of methoxy groups -OCH3 is 1. The number of benzene rings is 2. The number of hydrogen-bond donors (Lipinski definition) is 0. The van der Waals surface area contributed by atoms with Crippen LogP contribution >= 0.6 is 11.8 Å². The van der Waals surface area contributed by atoms with E-state index in [1.54, 1.807) is 12.0 Å². The van der Waals surface area contributed by atoms with Crippen LogP contribution < -0.4 is 4.74 Å². The van der Waals surface area contributed by atoms with Gasteiger partial charge in [0, 0.05) is 25.2 Å². The fourth-order valence-electron chi connectivity index (χ4n) is 3.21. The Bertz CT molecular complexity index is 971. The van der Waals surface area contributed by atoms with Crippen molar-refractivity contribution in [1.82, 2.24) is 19.7 Å². The lowest BCUT2D eigenvalue weighted by atomic mass is 10.2.